The minimum absolute atomic E-state index is 0.0437. The van der Waals surface area contributed by atoms with Gasteiger partial charge in [-0.15, -0.1) is 0 Å². The molecule has 9 heteroatoms. The number of likely N-dealkylation sites (N-methyl/N-ethyl adjacent to an activating group) is 1. The molecule has 2 amide bonds. The third-order valence-corrected chi connectivity index (χ3v) is 6.13. The number of anilines is 1. The number of hydrogen-bond acceptors (Lipinski definition) is 4. The highest BCUT2D eigenvalue weighted by molar-refractivity contribution is 7.92. The zero-order valence-corrected chi connectivity index (χ0v) is 19.7. The molecule has 0 aliphatic carbocycles. The fraction of sp³-hybridized carbons (Fsp3) is 0.391. The highest BCUT2D eigenvalue weighted by atomic mass is 32.2. The van der Waals surface area contributed by atoms with Gasteiger partial charge in [0.2, 0.25) is 21.8 Å². The number of nitrogens with zero attached hydrogens (tertiary/aromatic N) is 2. The maximum absolute atomic E-state index is 13.7. The van der Waals surface area contributed by atoms with Crippen LogP contribution in [0.5, 0.6) is 0 Å². The molecule has 0 aliphatic heterocycles. The van der Waals surface area contributed by atoms with Crippen LogP contribution in [0.4, 0.5) is 10.1 Å². The van der Waals surface area contributed by atoms with Crippen molar-refractivity contribution in [3.8, 4) is 0 Å². The van der Waals surface area contributed by atoms with Crippen molar-refractivity contribution in [2.75, 3.05) is 23.7 Å². The lowest BCUT2D eigenvalue weighted by molar-refractivity contribution is -0.140. The number of aryl methyl sites for hydroxylation is 1. The summed E-state index contributed by atoms with van der Waals surface area (Å²) in [5.41, 5.74) is 1.90. The van der Waals surface area contributed by atoms with Gasteiger partial charge in [-0.2, -0.15) is 0 Å². The largest absolute Gasteiger partial charge is 0.355 e. The first-order chi connectivity index (χ1) is 15.1. The zero-order valence-electron chi connectivity index (χ0n) is 18.8. The van der Waals surface area contributed by atoms with Crippen LogP contribution in [-0.2, 0) is 26.2 Å². The molecule has 2 aromatic rings. The predicted octanol–water partition coefficient (Wildman–Crippen LogP) is 2.84. The Kier molecular flexibility index (Phi) is 8.77. The minimum Gasteiger partial charge on any atom is -0.355 e. The Morgan fingerprint density at radius 2 is 1.75 bits per heavy atom. The second-order valence-electron chi connectivity index (χ2n) is 7.58. The summed E-state index contributed by atoms with van der Waals surface area (Å²) < 4.78 is 39.4. The number of amides is 2. The van der Waals surface area contributed by atoms with Crippen molar-refractivity contribution in [2.45, 2.75) is 39.8 Å². The summed E-state index contributed by atoms with van der Waals surface area (Å²) in [5.74, 6) is -1.49. The average molecular weight is 464 g/mol. The second kappa shape index (κ2) is 11.1. The molecule has 0 heterocycles. The maximum Gasteiger partial charge on any atom is 0.244 e. The van der Waals surface area contributed by atoms with E-state index < -0.39 is 34.3 Å². The SMILES string of the molecule is CCNC(=O)[C@@H](CC)N(Cc1ccc(C)cc1)C(=O)CN(c1cccc(F)c1)S(C)(=O)=O. The van der Waals surface area contributed by atoms with Crippen LogP contribution in [0.1, 0.15) is 31.4 Å². The molecule has 0 fully saturated rings. The number of carbonyl (C=O) groups excluding carboxylic acids is 2. The van der Waals surface area contributed by atoms with E-state index >= 15 is 0 Å². The van der Waals surface area contributed by atoms with Crippen LogP contribution in [0, 0.1) is 12.7 Å². The lowest BCUT2D eigenvalue weighted by Gasteiger charge is -2.32. The average Bonchev–Trinajstić information content (AvgIpc) is 2.72. The van der Waals surface area contributed by atoms with Gasteiger partial charge in [0.25, 0.3) is 0 Å². The highest BCUT2D eigenvalue weighted by Gasteiger charge is 2.31. The number of sulfonamides is 1. The predicted molar refractivity (Wildman–Crippen MR) is 123 cm³/mol. The molecular formula is C23H30FN3O4S. The Labute approximate surface area is 189 Å². The quantitative estimate of drug-likeness (QED) is 0.587. The molecule has 174 valence electrons. The molecule has 1 N–H and O–H groups in total. The Hall–Kier alpha value is -2.94. The first-order valence-corrected chi connectivity index (χ1v) is 12.3. The van der Waals surface area contributed by atoms with Crippen LogP contribution in [-0.4, -0.2) is 50.5 Å². The van der Waals surface area contributed by atoms with Crippen molar-refractivity contribution in [1.29, 1.82) is 0 Å². The minimum atomic E-state index is -3.89. The zero-order chi connectivity index (χ0) is 23.9. The third-order valence-electron chi connectivity index (χ3n) is 4.99. The van der Waals surface area contributed by atoms with Gasteiger partial charge in [-0.25, -0.2) is 12.8 Å². The van der Waals surface area contributed by atoms with Crippen LogP contribution in [0.3, 0.4) is 0 Å². The third kappa shape index (κ3) is 6.78. The summed E-state index contributed by atoms with van der Waals surface area (Å²) >= 11 is 0. The summed E-state index contributed by atoms with van der Waals surface area (Å²) in [4.78, 5) is 27.4. The number of nitrogens with one attached hydrogen (secondary N) is 1. The maximum atomic E-state index is 13.7. The van der Waals surface area contributed by atoms with E-state index in [0.29, 0.717) is 13.0 Å². The topological polar surface area (TPSA) is 86.8 Å². The summed E-state index contributed by atoms with van der Waals surface area (Å²) in [7, 11) is -3.89. The van der Waals surface area contributed by atoms with Gasteiger partial charge in [0.05, 0.1) is 11.9 Å². The monoisotopic (exact) mass is 463 g/mol. The summed E-state index contributed by atoms with van der Waals surface area (Å²) in [6.45, 7) is 5.50. The molecule has 2 aromatic carbocycles. The normalized spacial score (nSPS) is 12.2. The van der Waals surface area contributed by atoms with Gasteiger partial charge in [-0.3, -0.25) is 13.9 Å². The van der Waals surface area contributed by atoms with Gasteiger partial charge in [0.15, 0.2) is 0 Å². The lowest BCUT2D eigenvalue weighted by atomic mass is 10.1. The van der Waals surface area contributed by atoms with Crippen LogP contribution < -0.4 is 9.62 Å². The molecule has 0 saturated heterocycles. The first-order valence-electron chi connectivity index (χ1n) is 10.4. The van der Waals surface area contributed by atoms with Crippen LogP contribution in [0.15, 0.2) is 48.5 Å². The number of carbonyl (C=O) groups is 2. The second-order valence-corrected chi connectivity index (χ2v) is 9.48. The Morgan fingerprint density at radius 3 is 2.28 bits per heavy atom. The number of benzene rings is 2. The molecular weight excluding hydrogens is 433 g/mol. The molecule has 32 heavy (non-hydrogen) atoms. The van der Waals surface area contributed by atoms with Gasteiger partial charge in [0.1, 0.15) is 18.4 Å². The van der Waals surface area contributed by atoms with E-state index in [1.165, 1.54) is 23.1 Å². The Balaban J connectivity index is 2.42. The highest BCUT2D eigenvalue weighted by Crippen LogP contribution is 2.20. The van der Waals surface area contributed by atoms with E-state index in [4.69, 9.17) is 0 Å². The fourth-order valence-corrected chi connectivity index (χ4v) is 4.19. The van der Waals surface area contributed by atoms with E-state index in [-0.39, 0.29) is 18.1 Å². The molecule has 2 rings (SSSR count). The molecule has 7 nitrogen and oxygen atoms in total. The Bertz CT molecular complexity index is 1040. The van der Waals surface area contributed by atoms with Crippen LogP contribution in [0.25, 0.3) is 0 Å². The summed E-state index contributed by atoms with van der Waals surface area (Å²) in [6, 6.07) is 11.8. The standard InChI is InChI=1S/C23H30FN3O4S/c1-5-21(23(29)25-6-2)26(15-18-12-10-17(3)11-13-18)22(28)16-27(32(4,30)31)20-9-7-8-19(24)14-20/h7-14,21H,5-6,15-16H2,1-4H3,(H,25,29)/t21-/m1/s1. The van der Waals surface area contributed by atoms with Crippen molar-refractivity contribution >= 4 is 27.5 Å². The van der Waals surface area contributed by atoms with Crippen molar-refractivity contribution in [3.05, 3.63) is 65.5 Å². The van der Waals surface area contributed by atoms with Gasteiger partial charge in [0, 0.05) is 13.1 Å². The van der Waals surface area contributed by atoms with Gasteiger partial charge in [-0.05, 0) is 44.0 Å². The molecule has 0 aromatic heterocycles. The first kappa shape index (κ1) is 25.3. The molecule has 1 atom stereocenters. The smallest absolute Gasteiger partial charge is 0.244 e. The van der Waals surface area contributed by atoms with Crippen LogP contribution >= 0.6 is 0 Å². The summed E-state index contributed by atoms with van der Waals surface area (Å²) in [6.07, 6.45) is 1.30. The molecule has 0 aliphatic rings. The van der Waals surface area contributed by atoms with Gasteiger partial charge < -0.3 is 10.2 Å². The van der Waals surface area contributed by atoms with Crippen molar-refractivity contribution in [2.24, 2.45) is 0 Å². The Morgan fingerprint density at radius 1 is 1.09 bits per heavy atom. The van der Waals surface area contributed by atoms with E-state index in [1.54, 1.807) is 13.8 Å². The number of halogens is 1. The van der Waals surface area contributed by atoms with Crippen LogP contribution in [0.2, 0.25) is 0 Å². The molecule has 0 unspecified atom stereocenters. The van der Waals surface area contributed by atoms with Crippen molar-refractivity contribution in [3.63, 3.8) is 0 Å². The molecule has 0 bridgehead atoms. The number of hydrogen-bond donors (Lipinski definition) is 1. The molecule has 0 spiro atoms. The van der Waals surface area contributed by atoms with Gasteiger partial charge in [-0.1, -0.05) is 42.8 Å². The fourth-order valence-electron chi connectivity index (χ4n) is 3.35. The van der Waals surface area contributed by atoms with E-state index in [1.807, 2.05) is 31.2 Å². The number of rotatable bonds is 10. The summed E-state index contributed by atoms with van der Waals surface area (Å²) in [5, 5.41) is 2.74. The molecule has 0 radical (unpaired) electrons. The lowest BCUT2D eigenvalue weighted by Crippen LogP contribution is -2.52. The van der Waals surface area contributed by atoms with E-state index in [2.05, 4.69) is 5.32 Å². The van der Waals surface area contributed by atoms with Gasteiger partial charge >= 0.3 is 0 Å². The van der Waals surface area contributed by atoms with E-state index in [0.717, 1.165) is 27.8 Å². The van der Waals surface area contributed by atoms with Crippen molar-refractivity contribution < 1.29 is 22.4 Å². The van der Waals surface area contributed by atoms with Crippen molar-refractivity contribution in [1.82, 2.24) is 10.2 Å². The van der Waals surface area contributed by atoms with E-state index in [9.17, 15) is 22.4 Å². The molecule has 0 saturated carbocycles.